The van der Waals surface area contributed by atoms with Gasteiger partial charge in [-0.2, -0.15) is 0 Å². The Morgan fingerprint density at radius 1 is 0.973 bits per heavy atom. The van der Waals surface area contributed by atoms with Gasteiger partial charge in [-0.3, -0.25) is 0 Å². The summed E-state index contributed by atoms with van der Waals surface area (Å²) in [4.78, 5) is 13.1. The third kappa shape index (κ3) is 7.30. The smallest absolute Gasteiger partial charge is 0.348 e. The van der Waals surface area contributed by atoms with Gasteiger partial charge in [0.2, 0.25) is 5.60 Å². The molecule has 0 bridgehead atoms. The minimum Gasteiger partial charge on any atom is -0.459 e. The normalized spacial score (nSPS) is 17.0. The van der Waals surface area contributed by atoms with Gasteiger partial charge >= 0.3 is 5.97 Å². The fourth-order valence-corrected chi connectivity index (χ4v) is 4.81. The average molecular weight is 497 g/mol. The Morgan fingerprint density at radius 2 is 1.57 bits per heavy atom. The first-order valence-electron chi connectivity index (χ1n) is 13.1. The summed E-state index contributed by atoms with van der Waals surface area (Å²) in [6, 6.07) is 17.8. The highest BCUT2D eigenvalue weighted by atomic mass is 16.5. The molecule has 1 aliphatic carbocycles. The van der Waals surface area contributed by atoms with Gasteiger partial charge in [-0.15, -0.1) is 0 Å². The molecule has 1 N–H and O–H groups in total. The second kappa shape index (κ2) is 12.7. The van der Waals surface area contributed by atoms with E-state index in [2.05, 4.69) is 45.9 Å². The Hall–Kier alpha value is -3.43. The lowest BCUT2D eigenvalue weighted by Gasteiger charge is -2.32. The molecule has 0 atom stereocenters. The van der Waals surface area contributed by atoms with Gasteiger partial charge in [0.05, 0.1) is 0 Å². The molecule has 0 aliphatic heterocycles. The quantitative estimate of drug-likeness (QED) is 0.283. The monoisotopic (exact) mass is 496 g/mol. The van der Waals surface area contributed by atoms with E-state index in [-0.39, 0.29) is 12.0 Å². The van der Waals surface area contributed by atoms with Crippen LogP contribution in [0.1, 0.15) is 65.0 Å². The summed E-state index contributed by atoms with van der Waals surface area (Å²) in [5.41, 5.74) is 4.41. The summed E-state index contributed by atoms with van der Waals surface area (Å²) in [7, 11) is 0. The van der Waals surface area contributed by atoms with Crippen molar-refractivity contribution in [1.82, 2.24) is 0 Å². The summed E-state index contributed by atoms with van der Waals surface area (Å²) in [5.74, 6) is -0.700. The summed E-state index contributed by atoms with van der Waals surface area (Å²) >= 11 is 0. The van der Waals surface area contributed by atoms with E-state index in [4.69, 9.17) is 4.74 Å². The van der Waals surface area contributed by atoms with Crippen LogP contribution in [0.2, 0.25) is 0 Å². The zero-order valence-corrected chi connectivity index (χ0v) is 22.8. The molecule has 3 nitrogen and oxygen atoms in total. The van der Waals surface area contributed by atoms with E-state index < -0.39 is 11.6 Å². The number of aliphatic hydroxyl groups is 1. The zero-order valence-electron chi connectivity index (χ0n) is 22.8. The van der Waals surface area contributed by atoms with Gasteiger partial charge in [-0.25, -0.2) is 4.79 Å². The number of rotatable bonds is 9. The van der Waals surface area contributed by atoms with Crippen molar-refractivity contribution in [3.63, 3.8) is 0 Å². The van der Waals surface area contributed by atoms with E-state index in [1.54, 1.807) is 48.5 Å². The molecule has 194 valence electrons. The number of hydrogen-bond donors (Lipinski definition) is 1. The Labute approximate surface area is 222 Å². The number of hydrogen-bond acceptors (Lipinski definition) is 3. The Bertz CT molecular complexity index is 1170. The van der Waals surface area contributed by atoms with E-state index in [1.165, 1.54) is 36.0 Å². The molecule has 3 heteroatoms. The lowest BCUT2D eigenvalue weighted by molar-refractivity contribution is -0.160. The van der Waals surface area contributed by atoms with Crippen LogP contribution in [0.4, 0.5) is 0 Å². The SMILES string of the molecule is CC(C=CC1=C(C)CCCC1(C)C)=CC=CC(C)=CCOC(=O)C(O)(c1ccccc1)c1ccccc1. The lowest BCUT2D eigenvalue weighted by Crippen LogP contribution is -2.38. The minimum absolute atomic E-state index is 0.0715. The average Bonchev–Trinajstić information content (AvgIpc) is 2.88. The van der Waals surface area contributed by atoms with Crippen molar-refractivity contribution in [2.45, 2.75) is 59.5 Å². The maximum Gasteiger partial charge on any atom is 0.348 e. The van der Waals surface area contributed by atoms with Crippen LogP contribution < -0.4 is 0 Å². The molecule has 0 heterocycles. The highest BCUT2D eigenvalue weighted by molar-refractivity contribution is 5.85. The largest absolute Gasteiger partial charge is 0.459 e. The van der Waals surface area contributed by atoms with Crippen LogP contribution in [-0.4, -0.2) is 17.7 Å². The second-order valence-corrected chi connectivity index (χ2v) is 10.5. The fraction of sp³-hybridized carbons (Fsp3) is 0.324. The highest BCUT2D eigenvalue weighted by Crippen LogP contribution is 2.40. The van der Waals surface area contributed by atoms with Gasteiger partial charge in [0.15, 0.2) is 0 Å². The van der Waals surface area contributed by atoms with Gasteiger partial charge in [0, 0.05) is 0 Å². The van der Waals surface area contributed by atoms with Crippen LogP contribution >= 0.6 is 0 Å². The van der Waals surface area contributed by atoms with Crippen LogP contribution in [0.25, 0.3) is 0 Å². The third-order valence-corrected chi connectivity index (χ3v) is 7.07. The molecule has 0 saturated heterocycles. The van der Waals surface area contributed by atoms with E-state index in [0.29, 0.717) is 11.1 Å². The standard InChI is InChI=1S/C34H40O3/c1-26(21-22-31-28(3)16-13-24-33(31,4)5)14-12-15-27(2)23-25-37-32(35)34(36,29-17-8-6-9-18-29)30-19-10-7-11-20-30/h6-12,14-15,17-23,36H,13,16,24-25H2,1-5H3. The van der Waals surface area contributed by atoms with E-state index >= 15 is 0 Å². The Kier molecular flexibility index (Phi) is 9.66. The van der Waals surface area contributed by atoms with Gasteiger partial charge < -0.3 is 9.84 Å². The maximum absolute atomic E-state index is 13.1. The van der Waals surface area contributed by atoms with E-state index in [9.17, 15) is 9.90 Å². The summed E-state index contributed by atoms with van der Waals surface area (Å²) in [6.45, 7) is 11.0. The molecular formula is C34H40O3. The van der Waals surface area contributed by atoms with Crippen molar-refractivity contribution in [2.75, 3.05) is 6.61 Å². The van der Waals surface area contributed by atoms with Crippen LogP contribution in [0.3, 0.4) is 0 Å². The zero-order chi connectivity index (χ0) is 26.9. The van der Waals surface area contributed by atoms with Crippen LogP contribution in [0.15, 0.2) is 119 Å². The highest BCUT2D eigenvalue weighted by Gasteiger charge is 2.41. The van der Waals surface area contributed by atoms with Crippen molar-refractivity contribution in [3.8, 4) is 0 Å². The number of esters is 1. The van der Waals surface area contributed by atoms with E-state index in [1.807, 2.05) is 37.3 Å². The first kappa shape index (κ1) is 28.1. The molecule has 2 aromatic rings. The van der Waals surface area contributed by atoms with E-state index in [0.717, 1.165) is 5.57 Å². The number of ether oxygens (including phenoxy) is 1. The summed E-state index contributed by atoms with van der Waals surface area (Å²) in [5, 5.41) is 11.5. The number of benzene rings is 2. The predicted octanol–water partition coefficient (Wildman–Crippen LogP) is 8.00. The third-order valence-electron chi connectivity index (χ3n) is 7.07. The van der Waals surface area contributed by atoms with Gasteiger partial charge in [0.1, 0.15) is 6.61 Å². The fourth-order valence-electron chi connectivity index (χ4n) is 4.81. The van der Waals surface area contributed by atoms with Crippen LogP contribution in [-0.2, 0) is 15.1 Å². The van der Waals surface area contributed by atoms with Gasteiger partial charge in [0.25, 0.3) is 0 Å². The predicted molar refractivity (Wildman–Crippen MR) is 153 cm³/mol. The van der Waals surface area contributed by atoms with Crippen LogP contribution in [0, 0.1) is 5.41 Å². The minimum atomic E-state index is -1.87. The Morgan fingerprint density at radius 3 is 2.14 bits per heavy atom. The topological polar surface area (TPSA) is 46.5 Å². The van der Waals surface area contributed by atoms with Gasteiger partial charge in [-0.05, 0) is 68.2 Å². The molecule has 0 aromatic heterocycles. The Balaban J connectivity index is 1.63. The summed E-state index contributed by atoms with van der Waals surface area (Å²) in [6.07, 6.45) is 16.1. The molecule has 0 amide bonds. The first-order chi connectivity index (χ1) is 17.6. The van der Waals surface area contributed by atoms with Crippen molar-refractivity contribution in [2.24, 2.45) is 5.41 Å². The molecule has 0 spiro atoms. The van der Waals surface area contributed by atoms with Gasteiger partial charge in [-0.1, -0.05) is 122 Å². The first-order valence-corrected chi connectivity index (χ1v) is 13.1. The second-order valence-electron chi connectivity index (χ2n) is 10.5. The maximum atomic E-state index is 13.1. The molecule has 0 fully saturated rings. The molecule has 0 saturated carbocycles. The lowest BCUT2D eigenvalue weighted by atomic mass is 9.72. The summed E-state index contributed by atoms with van der Waals surface area (Å²) < 4.78 is 5.52. The molecule has 0 unspecified atom stereocenters. The molecule has 3 rings (SSSR count). The number of carbonyl (C=O) groups excluding carboxylic acids is 1. The molecule has 0 radical (unpaired) electrons. The number of allylic oxidation sites excluding steroid dienone is 9. The molecule has 2 aromatic carbocycles. The van der Waals surface area contributed by atoms with Crippen LogP contribution in [0.5, 0.6) is 0 Å². The van der Waals surface area contributed by atoms with Crippen molar-refractivity contribution in [3.05, 3.63) is 131 Å². The van der Waals surface area contributed by atoms with Crippen molar-refractivity contribution < 1.29 is 14.6 Å². The molecule has 37 heavy (non-hydrogen) atoms. The van der Waals surface area contributed by atoms with Crippen molar-refractivity contribution in [1.29, 1.82) is 0 Å². The molecule has 1 aliphatic rings. The van der Waals surface area contributed by atoms with Crippen molar-refractivity contribution >= 4 is 5.97 Å². The number of carbonyl (C=O) groups is 1. The molecular weight excluding hydrogens is 456 g/mol.